The van der Waals surface area contributed by atoms with E-state index < -0.39 is 0 Å². The van der Waals surface area contributed by atoms with E-state index >= 15 is 0 Å². The molecular formula is C15H14N4OS. The third kappa shape index (κ3) is 2.88. The monoisotopic (exact) mass is 298 g/mol. The van der Waals surface area contributed by atoms with Gasteiger partial charge in [0.05, 0.1) is 17.2 Å². The average molecular weight is 298 g/mol. The van der Waals surface area contributed by atoms with Crippen LogP contribution in [0.3, 0.4) is 0 Å². The number of amides is 1. The lowest BCUT2D eigenvalue weighted by Crippen LogP contribution is -2.49. The smallest absolute Gasteiger partial charge is 0.254 e. The summed E-state index contributed by atoms with van der Waals surface area (Å²) in [7, 11) is 0. The van der Waals surface area contributed by atoms with Gasteiger partial charge in [0.2, 0.25) is 0 Å². The predicted octanol–water partition coefficient (Wildman–Crippen LogP) is 1.98. The Labute approximate surface area is 127 Å². The molecule has 0 N–H and O–H groups in total. The van der Waals surface area contributed by atoms with Crippen LogP contribution in [0.4, 0.5) is 5.82 Å². The summed E-state index contributed by atoms with van der Waals surface area (Å²) in [5.41, 5.74) is 1.37. The molecule has 1 saturated heterocycles. The van der Waals surface area contributed by atoms with E-state index in [1.54, 1.807) is 18.3 Å². The van der Waals surface area contributed by atoms with Crippen molar-refractivity contribution in [2.24, 2.45) is 0 Å². The molecule has 1 fully saturated rings. The second-order valence-electron chi connectivity index (χ2n) is 4.81. The lowest BCUT2D eigenvalue weighted by atomic mass is 10.2. The van der Waals surface area contributed by atoms with Crippen molar-refractivity contribution in [1.82, 2.24) is 9.88 Å². The highest BCUT2D eigenvalue weighted by Gasteiger charge is 2.23. The number of carbonyl (C=O) groups excluding carboxylic acids is 1. The van der Waals surface area contributed by atoms with Crippen LogP contribution in [0.25, 0.3) is 0 Å². The van der Waals surface area contributed by atoms with E-state index in [9.17, 15) is 4.79 Å². The number of anilines is 1. The summed E-state index contributed by atoms with van der Waals surface area (Å²) < 4.78 is 0. The Hall–Kier alpha value is -2.39. The largest absolute Gasteiger partial charge is 0.353 e. The van der Waals surface area contributed by atoms with Crippen molar-refractivity contribution < 1.29 is 4.79 Å². The number of pyridine rings is 1. The number of hydrogen-bond donors (Lipinski definition) is 0. The molecule has 3 heterocycles. The Morgan fingerprint density at radius 1 is 1.29 bits per heavy atom. The first-order valence-corrected chi connectivity index (χ1v) is 7.65. The van der Waals surface area contributed by atoms with E-state index in [-0.39, 0.29) is 5.91 Å². The van der Waals surface area contributed by atoms with Crippen LogP contribution in [0.1, 0.15) is 15.9 Å². The third-order valence-electron chi connectivity index (χ3n) is 3.53. The van der Waals surface area contributed by atoms with Crippen LogP contribution in [-0.4, -0.2) is 42.0 Å². The molecule has 0 unspecified atom stereocenters. The molecule has 0 aromatic carbocycles. The summed E-state index contributed by atoms with van der Waals surface area (Å²) in [6.07, 6.45) is 1.65. The number of carbonyl (C=O) groups is 1. The topological polar surface area (TPSA) is 60.2 Å². The highest BCUT2D eigenvalue weighted by molar-refractivity contribution is 7.08. The minimum Gasteiger partial charge on any atom is -0.353 e. The lowest BCUT2D eigenvalue weighted by molar-refractivity contribution is 0.0747. The molecular weight excluding hydrogens is 284 g/mol. The molecule has 106 valence electrons. The zero-order valence-corrected chi connectivity index (χ0v) is 12.2. The quantitative estimate of drug-likeness (QED) is 0.850. The van der Waals surface area contributed by atoms with E-state index in [0.29, 0.717) is 18.7 Å². The predicted molar refractivity (Wildman–Crippen MR) is 81.4 cm³/mol. The van der Waals surface area contributed by atoms with E-state index in [0.717, 1.165) is 24.5 Å². The van der Waals surface area contributed by atoms with Gasteiger partial charge >= 0.3 is 0 Å². The van der Waals surface area contributed by atoms with Gasteiger partial charge in [-0.2, -0.15) is 16.6 Å². The third-order valence-corrected chi connectivity index (χ3v) is 4.22. The SMILES string of the molecule is N#Cc1ccnc(N2CCN(C(=O)c3ccsc3)CC2)c1. The van der Waals surface area contributed by atoms with Crippen LogP contribution in [0.2, 0.25) is 0 Å². The maximum atomic E-state index is 12.3. The number of rotatable bonds is 2. The molecule has 1 aliphatic heterocycles. The molecule has 0 saturated carbocycles. The molecule has 0 spiro atoms. The summed E-state index contributed by atoms with van der Waals surface area (Å²) >= 11 is 1.53. The van der Waals surface area contributed by atoms with E-state index in [1.165, 1.54) is 11.3 Å². The first-order chi connectivity index (χ1) is 10.3. The molecule has 0 radical (unpaired) electrons. The maximum Gasteiger partial charge on any atom is 0.254 e. The van der Waals surface area contributed by atoms with E-state index in [4.69, 9.17) is 5.26 Å². The standard InChI is InChI=1S/C15H14N4OS/c16-10-12-1-3-17-14(9-12)18-4-6-19(7-5-18)15(20)13-2-8-21-11-13/h1-3,8-9,11H,4-7H2. The molecule has 2 aromatic rings. The van der Waals surface area contributed by atoms with Crippen molar-refractivity contribution >= 4 is 23.1 Å². The second-order valence-corrected chi connectivity index (χ2v) is 5.59. The number of piperazine rings is 1. The van der Waals surface area contributed by atoms with Gasteiger partial charge in [0.15, 0.2) is 0 Å². The molecule has 2 aromatic heterocycles. The highest BCUT2D eigenvalue weighted by Crippen LogP contribution is 2.17. The van der Waals surface area contributed by atoms with Gasteiger partial charge < -0.3 is 9.80 Å². The summed E-state index contributed by atoms with van der Waals surface area (Å²) in [6, 6.07) is 7.46. The Morgan fingerprint density at radius 3 is 2.76 bits per heavy atom. The molecule has 1 aliphatic rings. The van der Waals surface area contributed by atoms with Gasteiger partial charge in [-0.15, -0.1) is 0 Å². The Balaban J connectivity index is 1.65. The summed E-state index contributed by atoms with van der Waals surface area (Å²) in [5.74, 6) is 0.895. The van der Waals surface area contributed by atoms with Crippen molar-refractivity contribution in [2.45, 2.75) is 0 Å². The van der Waals surface area contributed by atoms with Gasteiger partial charge in [0, 0.05) is 37.8 Å². The molecule has 3 rings (SSSR count). The summed E-state index contributed by atoms with van der Waals surface area (Å²) in [5, 5.41) is 12.7. The fourth-order valence-electron chi connectivity index (χ4n) is 2.37. The highest BCUT2D eigenvalue weighted by atomic mass is 32.1. The molecule has 0 aliphatic carbocycles. The number of nitriles is 1. The van der Waals surface area contributed by atoms with Crippen molar-refractivity contribution in [1.29, 1.82) is 5.26 Å². The van der Waals surface area contributed by atoms with Gasteiger partial charge in [-0.05, 0) is 23.6 Å². The van der Waals surface area contributed by atoms with Crippen LogP contribution in [-0.2, 0) is 0 Å². The fourth-order valence-corrected chi connectivity index (χ4v) is 3.00. The van der Waals surface area contributed by atoms with Crippen molar-refractivity contribution in [2.75, 3.05) is 31.1 Å². The van der Waals surface area contributed by atoms with Crippen LogP contribution < -0.4 is 4.90 Å². The van der Waals surface area contributed by atoms with Gasteiger partial charge in [-0.3, -0.25) is 4.79 Å². The average Bonchev–Trinajstić information content (AvgIpc) is 3.09. The van der Waals surface area contributed by atoms with Gasteiger partial charge in [0.1, 0.15) is 5.82 Å². The van der Waals surface area contributed by atoms with Gasteiger partial charge in [-0.25, -0.2) is 4.98 Å². The van der Waals surface area contributed by atoms with Crippen LogP contribution in [0, 0.1) is 11.3 Å². The zero-order chi connectivity index (χ0) is 14.7. The Kier molecular flexibility index (Phi) is 3.84. The second kappa shape index (κ2) is 5.94. The minimum absolute atomic E-state index is 0.0923. The van der Waals surface area contributed by atoms with Gasteiger partial charge in [0.25, 0.3) is 5.91 Å². The molecule has 6 heteroatoms. The van der Waals surface area contributed by atoms with Crippen LogP contribution in [0.5, 0.6) is 0 Å². The Morgan fingerprint density at radius 2 is 2.10 bits per heavy atom. The molecule has 21 heavy (non-hydrogen) atoms. The zero-order valence-electron chi connectivity index (χ0n) is 11.4. The maximum absolute atomic E-state index is 12.3. The van der Waals surface area contributed by atoms with E-state index in [1.807, 2.05) is 21.7 Å². The molecule has 0 atom stereocenters. The molecule has 5 nitrogen and oxygen atoms in total. The number of hydrogen-bond acceptors (Lipinski definition) is 5. The van der Waals surface area contributed by atoms with E-state index in [2.05, 4.69) is 16.0 Å². The molecule has 0 bridgehead atoms. The minimum atomic E-state index is 0.0923. The van der Waals surface area contributed by atoms with Crippen LogP contribution >= 0.6 is 11.3 Å². The first kappa shape index (κ1) is 13.6. The van der Waals surface area contributed by atoms with Crippen molar-refractivity contribution in [3.05, 3.63) is 46.3 Å². The lowest BCUT2D eigenvalue weighted by Gasteiger charge is -2.35. The number of nitrogens with zero attached hydrogens (tertiary/aromatic N) is 4. The fraction of sp³-hybridized carbons (Fsp3) is 0.267. The normalized spacial score (nSPS) is 14.8. The number of aromatic nitrogens is 1. The van der Waals surface area contributed by atoms with Crippen molar-refractivity contribution in [3.8, 4) is 6.07 Å². The summed E-state index contributed by atoms with van der Waals surface area (Å²) in [6.45, 7) is 2.82. The summed E-state index contributed by atoms with van der Waals surface area (Å²) in [4.78, 5) is 20.5. The number of thiophene rings is 1. The van der Waals surface area contributed by atoms with Crippen molar-refractivity contribution in [3.63, 3.8) is 0 Å². The first-order valence-electron chi connectivity index (χ1n) is 6.70. The molecule has 1 amide bonds. The van der Waals surface area contributed by atoms with Gasteiger partial charge in [-0.1, -0.05) is 0 Å². The Bertz CT molecular complexity index is 669. The van der Waals surface area contributed by atoms with Crippen LogP contribution in [0.15, 0.2) is 35.2 Å².